The molecule has 0 unspecified atom stereocenters. The van der Waals surface area contributed by atoms with Gasteiger partial charge in [0, 0.05) is 18.2 Å². The Balaban J connectivity index is 1.90. The number of nitrogens with two attached hydrogens (primary N) is 1. The van der Waals surface area contributed by atoms with E-state index in [-0.39, 0.29) is 18.4 Å². The van der Waals surface area contributed by atoms with Crippen LogP contribution in [0.1, 0.15) is 18.4 Å². The van der Waals surface area contributed by atoms with E-state index in [1.807, 2.05) is 0 Å². The maximum absolute atomic E-state index is 11.5. The molecule has 1 aromatic rings. The van der Waals surface area contributed by atoms with Crippen molar-refractivity contribution in [2.75, 3.05) is 5.32 Å². The molecule has 1 aliphatic carbocycles. The molecule has 1 fully saturated rings. The largest absolute Gasteiger partial charge is 0.326 e. The third kappa shape index (κ3) is 4.10. The van der Waals surface area contributed by atoms with Gasteiger partial charge < -0.3 is 5.32 Å². The third-order valence-corrected chi connectivity index (χ3v) is 3.19. The minimum atomic E-state index is -3.67. The SMILES string of the molecule is NS(=O)(=O)NCc1ccc(NC(=O)C2CC2)cc1. The molecule has 98 valence electrons. The van der Waals surface area contributed by atoms with Crippen molar-refractivity contribution in [3.05, 3.63) is 29.8 Å². The van der Waals surface area contributed by atoms with Crippen LogP contribution in [0.4, 0.5) is 5.69 Å². The summed E-state index contributed by atoms with van der Waals surface area (Å²) < 4.78 is 23.6. The lowest BCUT2D eigenvalue weighted by Gasteiger charge is -2.06. The molecule has 1 aromatic carbocycles. The number of carbonyl (C=O) groups excluding carboxylic acids is 1. The second kappa shape index (κ2) is 5.05. The van der Waals surface area contributed by atoms with E-state index in [1.165, 1.54) is 0 Å². The number of rotatable bonds is 5. The van der Waals surface area contributed by atoms with Crippen molar-refractivity contribution in [2.24, 2.45) is 11.1 Å². The van der Waals surface area contributed by atoms with Gasteiger partial charge in [0.15, 0.2) is 0 Å². The fourth-order valence-electron chi connectivity index (χ4n) is 1.48. The first-order valence-electron chi connectivity index (χ1n) is 5.61. The second-order valence-electron chi connectivity index (χ2n) is 4.33. The lowest BCUT2D eigenvalue weighted by atomic mass is 10.2. The van der Waals surface area contributed by atoms with E-state index in [9.17, 15) is 13.2 Å². The Morgan fingerprint density at radius 2 is 1.89 bits per heavy atom. The van der Waals surface area contributed by atoms with Crippen molar-refractivity contribution in [3.63, 3.8) is 0 Å². The summed E-state index contributed by atoms with van der Waals surface area (Å²) in [6.45, 7) is 0.135. The highest BCUT2D eigenvalue weighted by Crippen LogP contribution is 2.30. The van der Waals surface area contributed by atoms with Crippen LogP contribution >= 0.6 is 0 Å². The molecule has 0 aromatic heterocycles. The lowest BCUT2D eigenvalue weighted by molar-refractivity contribution is -0.117. The van der Waals surface area contributed by atoms with Crippen molar-refractivity contribution in [2.45, 2.75) is 19.4 Å². The van der Waals surface area contributed by atoms with E-state index >= 15 is 0 Å². The van der Waals surface area contributed by atoms with Gasteiger partial charge in [-0.2, -0.15) is 13.1 Å². The zero-order chi connectivity index (χ0) is 13.2. The van der Waals surface area contributed by atoms with Crippen molar-refractivity contribution in [1.29, 1.82) is 0 Å². The first kappa shape index (κ1) is 13.0. The summed E-state index contributed by atoms with van der Waals surface area (Å²) >= 11 is 0. The van der Waals surface area contributed by atoms with Crippen LogP contribution in [0.15, 0.2) is 24.3 Å². The highest BCUT2D eigenvalue weighted by molar-refractivity contribution is 7.87. The predicted molar refractivity (Wildman–Crippen MR) is 67.7 cm³/mol. The fourth-order valence-corrected chi connectivity index (χ4v) is 1.85. The Labute approximate surface area is 106 Å². The van der Waals surface area contributed by atoms with Crippen LogP contribution in [0, 0.1) is 5.92 Å². The van der Waals surface area contributed by atoms with E-state index in [2.05, 4.69) is 10.0 Å². The van der Waals surface area contributed by atoms with Gasteiger partial charge in [-0.25, -0.2) is 5.14 Å². The van der Waals surface area contributed by atoms with Crippen molar-refractivity contribution >= 4 is 21.8 Å². The average Bonchev–Trinajstić information content (AvgIpc) is 3.11. The Morgan fingerprint density at radius 1 is 1.28 bits per heavy atom. The molecule has 0 aliphatic heterocycles. The first-order valence-corrected chi connectivity index (χ1v) is 7.16. The molecule has 0 bridgehead atoms. The molecule has 0 atom stereocenters. The van der Waals surface area contributed by atoms with Crippen molar-refractivity contribution in [1.82, 2.24) is 4.72 Å². The summed E-state index contributed by atoms with van der Waals surface area (Å²) in [6.07, 6.45) is 1.92. The number of nitrogens with one attached hydrogen (secondary N) is 2. The number of benzene rings is 1. The molecule has 0 saturated heterocycles. The first-order chi connectivity index (χ1) is 8.44. The summed E-state index contributed by atoms with van der Waals surface area (Å²) in [5.41, 5.74) is 1.49. The normalized spacial score (nSPS) is 15.4. The van der Waals surface area contributed by atoms with E-state index in [1.54, 1.807) is 24.3 Å². The topological polar surface area (TPSA) is 101 Å². The third-order valence-electron chi connectivity index (χ3n) is 2.65. The molecule has 1 amide bonds. The molecule has 2 rings (SSSR count). The Kier molecular flexibility index (Phi) is 3.65. The van der Waals surface area contributed by atoms with Gasteiger partial charge in [0.25, 0.3) is 10.2 Å². The molecule has 6 nitrogen and oxygen atoms in total. The van der Waals surface area contributed by atoms with Crippen LogP contribution in [0.3, 0.4) is 0 Å². The van der Waals surface area contributed by atoms with Crippen LogP contribution in [-0.2, 0) is 21.5 Å². The van der Waals surface area contributed by atoms with Gasteiger partial charge in [-0.15, -0.1) is 0 Å². The lowest BCUT2D eigenvalue weighted by Crippen LogP contribution is -2.30. The zero-order valence-electron chi connectivity index (χ0n) is 9.72. The maximum Gasteiger partial charge on any atom is 0.274 e. The molecule has 0 spiro atoms. The smallest absolute Gasteiger partial charge is 0.274 e. The molecule has 0 heterocycles. The predicted octanol–water partition coefficient (Wildman–Crippen LogP) is 0.328. The summed E-state index contributed by atoms with van der Waals surface area (Å²) in [5.74, 6) is 0.208. The van der Waals surface area contributed by atoms with Gasteiger partial charge in [0.1, 0.15) is 0 Å². The second-order valence-corrected chi connectivity index (χ2v) is 5.71. The Morgan fingerprint density at radius 3 is 2.39 bits per heavy atom. The fraction of sp³-hybridized carbons (Fsp3) is 0.364. The van der Waals surface area contributed by atoms with Gasteiger partial charge in [-0.3, -0.25) is 4.79 Å². The Bertz CT molecular complexity index is 535. The summed E-state index contributed by atoms with van der Waals surface area (Å²) in [6, 6.07) is 6.95. The van der Waals surface area contributed by atoms with Crippen LogP contribution in [0.25, 0.3) is 0 Å². The van der Waals surface area contributed by atoms with Crippen molar-refractivity contribution < 1.29 is 13.2 Å². The highest BCUT2D eigenvalue weighted by Gasteiger charge is 2.29. The molecule has 1 saturated carbocycles. The van der Waals surface area contributed by atoms with Crippen LogP contribution in [0.2, 0.25) is 0 Å². The van der Waals surface area contributed by atoms with Gasteiger partial charge in [-0.1, -0.05) is 12.1 Å². The number of hydrogen-bond acceptors (Lipinski definition) is 3. The maximum atomic E-state index is 11.5. The standard InChI is InChI=1S/C11H15N3O3S/c12-18(16,17)13-7-8-1-5-10(6-2-8)14-11(15)9-3-4-9/h1-2,5-6,9,13H,3-4,7H2,(H,14,15)(H2,12,16,17). The zero-order valence-corrected chi connectivity index (χ0v) is 10.5. The van der Waals surface area contributed by atoms with E-state index in [0.717, 1.165) is 18.4 Å². The van der Waals surface area contributed by atoms with Crippen LogP contribution in [-0.4, -0.2) is 14.3 Å². The van der Waals surface area contributed by atoms with Crippen molar-refractivity contribution in [3.8, 4) is 0 Å². The summed E-state index contributed by atoms with van der Waals surface area (Å²) in [7, 11) is -3.67. The van der Waals surface area contributed by atoms with Crippen LogP contribution < -0.4 is 15.2 Å². The van der Waals surface area contributed by atoms with Crippen LogP contribution in [0.5, 0.6) is 0 Å². The monoisotopic (exact) mass is 269 g/mol. The molecule has 1 aliphatic rings. The minimum absolute atomic E-state index is 0.0467. The molecule has 4 N–H and O–H groups in total. The van der Waals surface area contributed by atoms with E-state index in [0.29, 0.717) is 5.69 Å². The number of hydrogen-bond donors (Lipinski definition) is 3. The molecule has 18 heavy (non-hydrogen) atoms. The van der Waals surface area contributed by atoms with Gasteiger partial charge in [0.05, 0.1) is 0 Å². The van der Waals surface area contributed by atoms with E-state index in [4.69, 9.17) is 5.14 Å². The average molecular weight is 269 g/mol. The number of anilines is 1. The number of carbonyl (C=O) groups is 1. The molecular formula is C11H15N3O3S. The summed E-state index contributed by atoms with van der Waals surface area (Å²) in [5, 5.41) is 7.62. The van der Waals surface area contributed by atoms with E-state index < -0.39 is 10.2 Å². The highest BCUT2D eigenvalue weighted by atomic mass is 32.2. The molecular weight excluding hydrogens is 254 g/mol. The molecule has 0 radical (unpaired) electrons. The quantitative estimate of drug-likeness (QED) is 0.717. The Hall–Kier alpha value is -1.44. The summed E-state index contributed by atoms with van der Waals surface area (Å²) in [4.78, 5) is 11.5. The molecule has 7 heteroatoms. The van der Waals surface area contributed by atoms with Gasteiger partial charge in [0.2, 0.25) is 5.91 Å². The number of amides is 1. The van der Waals surface area contributed by atoms with Gasteiger partial charge >= 0.3 is 0 Å². The van der Waals surface area contributed by atoms with Gasteiger partial charge in [-0.05, 0) is 30.5 Å². The minimum Gasteiger partial charge on any atom is -0.326 e.